The van der Waals surface area contributed by atoms with Gasteiger partial charge < -0.3 is 5.32 Å². The monoisotopic (exact) mass is 254 g/mol. The summed E-state index contributed by atoms with van der Waals surface area (Å²) in [6.45, 7) is 1.81. The summed E-state index contributed by atoms with van der Waals surface area (Å²) in [5, 5.41) is 5.34. The molecule has 0 aliphatic carbocycles. The van der Waals surface area contributed by atoms with E-state index in [1.165, 1.54) is 0 Å². The molecule has 1 aliphatic heterocycles. The molecule has 90 valence electrons. The minimum absolute atomic E-state index is 0.116. The highest BCUT2D eigenvalue weighted by Crippen LogP contribution is 2.16. The molecule has 0 bridgehead atoms. The first-order valence-electron chi connectivity index (χ1n) is 5.15. The Kier molecular flexibility index (Phi) is 3.23. The number of imide groups is 1. The largest absolute Gasteiger partial charge is 0.358 e. The molecule has 1 aliphatic rings. The van der Waals surface area contributed by atoms with E-state index in [-0.39, 0.29) is 17.1 Å². The number of carbonyl (C=O) groups is 2. The average Bonchev–Trinajstić information content (AvgIpc) is 2.27. The van der Waals surface area contributed by atoms with E-state index in [4.69, 9.17) is 11.6 Å². The van der Waals surface area contributed by atoms with Crippen LogP contribution in [0.5, 0.6) is 0 Å². The van der Waals surface area contributed by atoms with E-state index in [1.54, 1.807) is 6.20 Å². The summed E-state index contributed by atoms with van der Waals surface area (Å²) in [5.74, 6) is -0.0691. The van der Waals surface area contributed by atoms with E-state index in [0.29, 0.717) is 18.7 Å². The van der Waals surface area contributed by atoms with Gasteiger partial charge in [0, 0.05) is 18.2 Å². The van der Waals surface area contributed by atoms with Crippen molar-refractivity contribution in [1.29, 1.82) is 0 Å². The molecule has 17 heavy (non-hydrogen) atoms. The zero-order valence-corrected chi connectivity index (χ0v) is 9.91. The number of nitrogens with one attached hydrogen (secondary N) is 2. The molecule has 1 aromatic heterocycles. The molecular weight excluding hydrogens is 244 g/mol. The third kappa shape index (κ3) is 2.71. The number of halogens is 1. The van der Waals surface area contributed by atoms with E-state index in [2.05, 4.69) is 20.6 Å². The van der Waals surface area contributed by atoms with Crippen LogP contribution in [0, 0.1) is 6.92 Å². The normalized spacial score (nSPS) is 20.0. The van der Waals surface area contributed by atoms with Crippen LogP contribution in [-0.4, -0.2) is 27.8 Å². The van der Waals surface area contributed by atoms with Gasteiger partial charge in [-0.1, -0.05) is 0 Å². The molecule has 2 N–H and O–H groups in total. The van der Waals surface area contributed by atoms with Gasteiger partial charge in [-0.05, 0) is 24.9 Å². The average molecular weight is 255 g/mol. The van der Waals surface area contributed by atoms with Crippen molar-refractivity contribution < 1.29 is 9.59 Å². The SMILES string of the molecule is Cc1cnc(Cl)nc1NC1CCC(=O)NC1=O. The van der Waals surface area contributed by atoms with Crippen molar-refractivity contribution in [3.63, 3.8) is 0 Å². The number of aryl methyl sites for hydroxylation is 1. The van der Waals surface area contributed by atoms with Crippen molar-refractivity contribution in [2.45, 2.75) is 25.8 Å². The van der Waals surface area contributed by atoms with Gasteiger partial charge in [-0.15, -0.1) is 0 Å². The summed E-state index contributed by atoms with van der Waals surface area (Å²) in [7, 11) is 0. The number of hydrogen-bond acceptors (Lipinski definition) is 5. The number of anilines is 1. The summed E-state index contributed by atoms with van der Waals surface area (Å²) >= 11 is 5.68. The van der Waals surface area contributed by atoms with Gasteiger partial charge in [0.25, 0.3) is 0 Å². The molecule has 0 saturated carbocycles. The molecule has 1 unspecified atom stereocenters. The second kappa shape index (κ2) is 4.67. The number of nitrogens with zero attached hydrogens (tertiary/aromatic N) is 2. The molecule has 0 aromatic carbocycles. The fourth-order valence-corrected chi connectivity index (χ4v) is 1.70. The Morgan fingerprint density at radius 3 is 3.00 bits per heavy atom. The number of amides is 2. The van der Waals surface area contributed by atoms with Crippen LogP contribution in [0.15, 0.2) is 6.20 Å². The molecular formula is C10H11ClN4O2. The van der Waals surface area contributed by atoms with E-state index >= 15 is 0 Å². The fourth-order valence-electron chi connectivity index (χ4n) is 1.56. The first-order valence-corrected chi connectivity index (χ1v) is 5.53. The summed E-state index contributed by atoms with van der Waals surface area (Å²) in [4.78, 5) is 30.3. The van der Waals surface area contributed by atoms with Crippen molar-refractivity contribution in [3.8, 4) is 0 Å². The van der Waals surface area contributed by atoms with Crippen LogP contribution in [0.25, 0.3) is 0 Å². The highest BCUT2D eigenvalue weighted by Gasteiger charge is 2.27. The highest BCUT2D eigenvalue weighted by atomic mass is 35.5. The molecule has 2 heterocycles. The maximum absolute atomic E-state index is 11.5. The second-order valence-corrected chi connectivity index (χ2v) is 4.16. The molecule has 1 saturated heterocycles. The van der Waals surface area contributed by atoms with Gasteiger partial charge in [0.05, 0.1) is 0 Å². The van der Waals surface area contributed by atoms with Gasteiger partial charge >= 0.3 is 0 Å². The van der Waals surface area contributed by atoms with Crippen LogP contribution >= 0.6 is 11.6 Å². The fraction of sp³-hybridized carbons (Fsp3) is 0.400. The summed E-state index contributed by atoms with van der Waals surface area (Å²) in [6, 6.07) is -0.461. The molecule has 2 amide bonds. The molecule has 0 spiro atoms. The van der Waals surface area contributed by atoms with Crippen LogP contribution in [0.4, 0.5) is 5.82 Å². The number of piperidine rings is 1. The Morgan fingerprint density at radius 2 is 2.29 bits per heavy atom. The van der Waals surface area contributed by atoms with Crippen molar-refractivity contribution in [2.24, 2.45) is 0 Å². The first-order chi connectivity index (χ1) is 8.06. The number of carbonyl (C=O) groups excluding carboxylic acids is 2. The van der Waals surface area contributed by atoms with E-state index < -0.39 is 6.04 Å². The number of rotatable bonds is 2. The topological polar surface area (TPSA) is 84.0 Å². The van der Waals surface area contributed by atoms with Gasteiger partial charge in [-0.2, -0.15) is 0 Å². The molecule has 2 rings (SSSR count). The van der Waals surface area contributed by atoms with Gasteiger partial charge in [-0.3, -0.25) is 14.9 Å². The molecule has 1 aromatic rings. The summed E-state index contributed by atoms with van der Waals surface area (Å²) < 4.78 is 0. The molecule has 1 atom stereocenters. The quantitative estimate of drug-likeness (QED) is 0.598. The van der Waals surface area contributed by atoms with Crippen LogP contribution < -0.4 is 10.6 Å². The lowest BCUT2D eigenvalue weighted by Crippen LogP contribution is -2.47. The van der Waals surface area contributed by atoms with Gasteiger partial charge in [0.1, 0.15) is 11.9 Å². The second-order valence-electron chi connectivity index (χ2n) is 3.82. The van der Waals surface area contributed by atoms with Crippen LogP contribution in [0.3, 0.4) is 0 Å². The zero-order valence-electron chi connectivity index (χ0n) is 9.16. The Morgan fingerprint density at radius 1 is 1.53 bits per heavy atom. The van der Waals surface area contributed by atoms with Gasteiger partial charge in [0.2, 0.25) is 17.1 Å². The molecule has 1 fully saturated rings. The van der Waals surface area contributed by atoms with E-state index in [1.807, 2.05) is 6.92 Å². The van der Waals surface area contributed by atoms with E-state index in [9.17, 15) is 9.59 Å². The highest BCUT2D eigenvalue weighted by molar-refractivity contribution is 6.28. The molecule has 7 heteroatoms. The van der Waals surface area contributed by atoms with Crippen LogP contribution in [0.1, 0.15) is 18.4 Å². The maximum Gasteiger partial charge on any atom is 0.249 e. The predicted molar refractivity (Wildman–Crippen MR) is 61.6 cm³/mol. The van der Waals surface area contributed by atoms with Crippen molar-refractivity contribution in [3.05, 3.63) is 17.0 Å². The van der Waals surface area contributed by atoms with Crippen LogP contribution in [0.2, 0.25) is 5.28 Å². The first kappa shape index (κ1) is 11.8. The van der Waals surface area contributed by atoms with Gasteiger partial charge in [-0.25, -0.2) is 9.97 Å². The lowest BCUT2D eigenvalue weighted by Gasteiger charge is -2.22. The summed E-state index contributed by atoms with van der Waals surface area (Å²) in [6.07, 6.45) is 2.34. The maximum atomic E-state index is 11.5. The number of aromatic nitrogens is 2. The Balaban J connectivity index is 2.13. The minimum atomic E-state index is -0.461. The minimum Gasteiger partial charge on any atom is -0.358 e. The number of hydrogen-bond donors (Lipinski definition) is 2. The van der Waals surface area contributed by atoms with Crippen LogP contribution in [-0.2, 0) is 9.59 Å². The third-order valence-corrected chi connectivity index (χ3v) is 2.67. The lowest BCUT2D eigenvalue weighted by atomic mass is 10.1. The predicted octanol–water partition coefficient (Wildman–Crippen LogP) is 0.656. The van der Waals surface area contributed by atoms with Crippen molar-refractivity contribution in [2.75, 3.05) is 5.32 Å². The van der Waals surface area contributed by atoms with Crippen molar-refractivity contribution in [1.82, 2.24) is 15.3 Å². The molecule has 6 nitrogen and oxygen atoms in total. The smallest absolute Gasteiger partial charge is 0.249 e. The molecule has 0 radical (unpaired) electrons. The van der Waals surface area contributed by atoms with E-state index in [0.717, 1.165) is 5.56 Å². The third-order valence-electron chi connectivity index (χ3n) is 2.49. The zero-order chi connectivity index (χ0) is 12.4. The Hall–Kier alpha value is -1.69. The Bertz CT molecular complexity index is 477. The van der Waals surface area contributed by atoms with Crippen molar-refractivity contribution >= 4 is 29.2 Å². The standard InChI is InChI=1S/C10H11ClN4O2/c1-5-4-12-10(11)15-8(5)13-6-2-3-7(16)14-9(6)17/h4,6H,2-3H2,1H3,(H,12,13,15)(H,14,16,17). The van der Waals surface area contributed by atoms with Gasteiger partial charge in [0.15, 0.2) is 0 Å². The lowest BCUT2D eigenvalue weighted by molar-refractivity contribution is -0.133. The Labute approximate surface area is 103 Å². The summed E-state index contributed by atoms with van der Waals surface area (Å²) in [5.41, 5.74) is 0.791.